The number of aromatic nitrogens is 3. The Balaban J connectivity index is 1.53. The van der Waals surface area contributed by atoms with Gasteiger partial charge in [-0.15, -0.1) is 11.3 Å². The number of carbonyl (C=O) groups is 1. The number of hydrogen-bond acceptors (Lipinski definition) is 6. The molecule has 0 aromatic carbocycles. The van der Waals surface area contributed by atoms with Gasteiger partial charge in [0.05, 0.1) is 11.9 Å². The van der Waals surface area contributed by atoms with Crippen LogP contribution in [0.4, 0.5) is 15.7 Å². The van der Waals surface area contributed by atoms with Crippen molar-refractivity contribution in [2.75, 3.05) is 36.4 Å². The third-order valence-electron chi connectivity index (χ3n) is 3.57. The fourth-order valence-electron chi connectivity index (χ4n) is 2.29. The summed E-state index contributed by atoms with van der Waals surface area (Å²) in [6.07, 6.45) is 5.97. The number of aryl methyl sites for hydroxylation is 1. The average molecular weight is 318 g/mol. The second kappa shape index (κ2) is 6.69. The third kappa shape index (κ3) is 3.33. The second-order valence-electron chi connectivity index (χ2n) is 4.97. The Morgan fingerprint density at radius 1 is 1.32 bits per heavy atom. The lowest BCUT2D eigenvalue weighted by molar-refractivity contribution is 0.208. The minimum absolute atomic E-state index is 0.0872. The van der Waals surface area contributed by atoms with Crippen molar-refractivity contribution in [3.8, 4) is 0 Å². The molecule has 1 aliphatic heterocycles. The fourth-order valence-corrected chi connectivity index (χ4v) is 3.07. The van der Waals surface area contributed by atoms with Gasteiger partial charge in [-0.05, 0) is 6.42 Å². The van der Waals surface area contributed by atoms with E-state index in [4.69, 9.17) is 0 Å². The molecule has 3 heterocycles. The standard InChI is InChI=1S/C14H18N6OS/c1-2-11-10-22-13(17-11)18-14(21)20-7-5-19(6-8-20)12-9-15-3-4-16-12/h3-4,9-10H,2,5-8H2,1H3,(H,17,18,21). The Bertz CT molecular complexity index is 623. The van der Waals surface area contributed by atoms with Crippen molar-refractivity contribution >= 4 is 28.3 Å². The third-order valence-corrected chi connectivity index (χ3v) is 4.37. The van der Waals surface area contributed by atoms with E-state index in [-0.39, 0.29) is 6.03 Å². The first-order valence-corrected chi connectivity index (χ1v) is 8.15. The van der Waals surface area contributed by atoms with E-state index in [2.05, 4.69) is 25.2 Å². The first-order chi connectivity index (χ1) is 10.8. The van der Waals surface area contributed by atoms with E-state index in [1.54, 1.807) is 23.5 Å². The molecular formula is C14H18N6OS. The van der Waals surface area contributed by atoms with Crippen LogP contribution in [0.3, 0.4) is 0 Å². The van der Waals surface area contributed by atoms with Gasteiger partial charge >= 0.3 is 6.03 Å². The maximum absolute atomic E-state index is 12.2. The number of nitrogens with one attached hydrogen (secondary N) is 1. The highest BCUT2D eigenvalue weighted by molar-refractivity contribution is 7.13. The number of carbonyl (C=O) groups excluding carboxylic acids is 1. The van der Waals surface area contributed by atoms with E-state index in [1.165, 1.54) is 11.3 Å². The molecule has 116 valence electrons. The van der Waals surface area contributed by atoms with Gasteiger partial charge in [0.2, 0.25) is 0 Å². The molecule has 0 atom stereocenters. The van der Waals surface area contributed by atoms with Crippen LogP contribution in [0.15, 0.2) is 24.0 Å². The Hall–Kier alpha value is -2.22. The summed E-state index contributed by atoms with van der Waals surface area (Å²) in [5.41, 5.74) is 1.01. The predicted octanol–water partition coefficient (Wildman–Crippen LogP) is 1.85. The van der Waals surface area contributed by atoms with Crippen molar-refractivity contribution in [2.24, 2.45) is 0 Å². The van der Waals surface area contributed by atoms with Crippen LogP contribution in [-0.4, -0.2) is 52.1 Å². The molecule has 1 N–H and O–H groups in total. The lowest BCUT2D eigenvalue weighted by Crippen LogP contribution is -2.50. The van der Waals surface area contributed by atoms with Crippen LogP contribution in [0.25, 0.3) is 0 Å². The number of anilines is 2. The molecule has 2 amide bonds. The SMILES string of the molecule is CCc1csc(NC(=O)N2CCN(c3cnccn3)CC2)n1. The van der Waals surface area contributed by atoms with Crippen LogP contribution < -0.4 is 10.2 Å². The Morgan fingerprint density at radius 2 is 2.14 bits per heavy atom. The van der Waals surface area contributed by atoms with E-state index >= 15 is 0 Å². The summed E-state index contributed by atoms with van der Waals surface area (Å²) < 4.78 is 0. The molecule has 1 saturated heterocycles. The monoisotopic (exact) mass is 318 g/mol. The summed E-state index contributed by atoms with van der Waals surface area (Å²) in [6.45, 7) is 4.88. The molecule has 1 aliphatic rings. The smallest absolute Gasteiger partial charge is 0.323 e. The average Bonchev–Trinajstić information content (AvgIpc) is 3.03. The van der Waals surface area contributed by atoms with Gasteiger partial charge in [0.25, 0.3) is 0 Å². The molecule has 7 nitrogen and oxygen atoms in total. The molecule has 0 spiro atoms. The van der Waals surface area contributed by atoms with Gasteiger partial charge in [0.1, 0.15) is 5.82 Å². The van der Waals surface area contributed by atoms with Gasteiger partial charge in [-0.2, -0.15) is 0 Å². The van der Waals surface area contributed by atoms with Gasteiger partial charge in [0, 0.05) is 44.0 Å². The van der Waals surface area contributed by atoms with Crippen LogP contribution in [0.2, 0.25) is 0 Å². The van der Waals surface area contributed by atoms with Crippen LogP contribution in [0, 0.1) is 0 Å². The Labute approximate surface area is 133 Å². The number of thiazole rings is 1. The summed E-state index contributed by atoms with van der Waals surface area (Å²) in [7, 11) is 0. The van der Waals surface area contributed by atoms with Gasteiger partial charge in [-0.25, -0.2) is 14.8 Å². The first-order valence-electron chi connectivity index (χ1n) is 7.27. The molecule has 0 radical (unpaired) electrons. The number of hydrogen-bond donors (Lipinski definition) is 1. The van der Waals surface area contributed by atoms with Crippen LogP contribution >= 0.6 is 11.3 Å². The van der Waals surface area contributed by atoms with E-state index in [0.717, 1.165) is 31.0 Å². The quantitative estimate of drug-likeness (QED) is 0.935. The topological polar surface area (TPSA) is 74.2 Å². The molecule has 2 aromatic heterocycles. The summed E-state index contributed by atoms with van der Waals surface area (Å²) in [4.78, 5) is 28.9. The Kier molecular flexibility index (Phi) is 4.47. The van der Waals surface area contributed by atoms with Gasteiger partial charge in [0.15, 0.2) is 5.13 Å². The summed E-state index contributed by atoms with van der Waals surface area (Å²) in [5, 5.41) is 5.51. The van der Waals surface area contributed by atoms with Crippen molar-refractivity contribution in [3.63, 3.8) is 0 Å². The zero-order valence-electron chi connectivity index (χ0n) is 12.4. The van der Waals surface area contributed by atoms with Crippen molar-refractivity contribution in [3.05, 3.63) is 29.7 Å². The second-order valence-corrected chi connectivity index (χ2v) is 5.82. The zero-order valence-corrected chi connectivity index (χ0v) is 13.2. The highest BCUT2D eigenvalue weighted by Crippen LogP contribution is 2.17. The molecule has 22 heavy (non-hydrogen) atoms. The van der Waals surface area contributed by atoms with E-state index < -0.39 is 0 Å². The van der Waals surface area contributed by atoms with Crippen molar-refractivity contribution in [2.45, 2.75) is 13.3 Å². The number of amides is 2. The van der Waals surface area contributed by atoms with Crippen LogP contribution in [0.5, 0.6) is 0 Å². The van der Waals surface area contributed by atoms with Crippen molar-refractivity contribution in [1.29, 1.82) is 0 Å². The maximum atomic E-state index is 12.2. The molecule has 3 rings (SSSR count). The lowest BCUT2D eigenvalue weighted by atomic mass is 10.3. The molecular weight excluding hydrogens is 300 g/mol. The van der Waals surface area contributed by atoms with Gasteiger partial charge < -0.3 is 9.80 Å². The molecule has 0 saturated carbocycles. The molecule has 2 aromatic rings. The summed E-state index contributed by atoms with van der Waals surface area (Å²) >= 11 is 1.47. The van der Waals surface area contributed by atoms with E-state index in [1.807, 2.05) is 12.3 Å². The van der Waals surface area contributed by atoms with Crippen molar-refractivity contribution < 1.29 is 4.79 Å². The van der Waals surface area contributed by atoms with Crippen LogP contribution in [-0.2, 0) is 6.42 Å². The number of urea groups is 1. The Morgan fingerprint density at radius 3 is 2.77 bits per heavy atom. The molecule has 0 aliphatic carbocycles. The first kappa shape index (κ1) is 14.7. The largest absolute Gasteiger partial charge is 0.352 e. The number of nitrogens with zero attached hydrogens (tertiary/aromatic N) is 5. The summed E-state index contributed by atoms with van der Waals surface area (Å²) in [5.74, 6) is 0.857. The molecule has 0 bridgehead atoms. The normalized spacial score (nSPS) is 15.0. The maximum Gasteiger partial charge on any atom is 0.323 e. The van der Waals surface area contributed by atoms with E-state index in [0.29, 0.717) is 18.2 Å². The zero-order chi connectivity index (χ0) is 15.4. The lowest BCUT2D eigenvalue weighted by Gasteiger charge is -2.34. The van der Waals surface area contributed by atoms with Crippen LogP contribution in [0.1, 0.15) is 12.6 Å². The van der Waals surface area contributed by atoms with Gasteiger partial charge in [-0.3, -0.25) is 10.3 Å². The predicted molar refractivity (Wildman–Crippen MR) is 86.3 cm³/mol. The minimum atomic E-state index is -0.0872. The minimum Gasteiger partial charge on any atom is -0.352 e. The summed E-state index contributed by atoms with van der Waals surface area (Å²) in [6, 6.07) is -0.0872. The highest BCUT2D eigenvalue weighted by atomic mass is 32.1. The van der Waals surface area contributed by atoms with Crippen molar-refractivity contribution in [1.82, 2.24) is 19.9 Å². The van der Waals surface area contributed by atoms with E-state index in [9.17, 15) is 4.79 Å². The molecule has 0 unspecified atom stereocenters. The highest BCUT2D eigenvalue weighted by Gasteiger charge is 2.22. The molecule has 1 fully saturated rings. The van der Waals surface area contributed by atoms with Gasteiger partial charge in [-0.1, -0.05) is 6.92 Å². The fraction of sp³-hybridized carbons (Fsp3) is 0.429. The molecule has 8 heteroatoms. The number of rotatable bonds is 3. The number of piperazine rings is 1.